The molecule has 1 aliphatic rings. The molecule has 1 aliphatic heterocycles. The summed E-state index contributed by atoms with van der Waals surface area (Å²) in [6, 6.07) is 26.4. The highest BCUT2D eigenvalue weighted by atomic mass is 32.2. The van der Waals surface area contributed by atoms with Gasteiger partial charge >= 0.3 is 0 Å². The highest BCUT2D eigenvalue weighted by molar-refractivity contribution is 7.99. The van der Waals surface area contributed by atoms with Crippen LogP contribution in [0.15, 0.2) is 94.7 Å². The molecule has 0 amide bonds. The number of aromatic amines is 2. The number of hydrogen-bond acceptors (Lipinski definition) is 2. The van der Waals surface area contributed by atoms with E-state index < -0.39 is 0 Å². The number of fused-ring (bicyclic) bond motifs is 4. The Labute approximate surface area is 204 Å². The Hall–Kier alpha value is -4.03. The number of rotatable bonds is 2. The van der Waals surface area contributed by atoms with Gasteiger partial charge in [-0.3, -0.25) is 0 Å². The van der Waals surface area contributed by atoms with Crippen LogP contribution in [0.2, 0.25) is 0 Å². The summed E-state index contributed by atoms with van der Waals surface area (Å²) in [5, 5.41) is 1.71. The van der Waals surface area contributed by atoms with Crippen LogP contribution in [0.4, 0.5) is 20.2 Å². The summed E-state index contributed by atoms with van der Waals surface area (Å²) >= 11 is 1.73. The Morgan fingerprint density at radius 2 is 1.09 bits per heavy atom. The first-order chi connectivity index (χ1) is 17.0. The van der Waals surface area contributed by atoms with Crippen molar-refractivity contribution < 1.29 is 8.78 Å². The zero-order chi connectivity index (χ0) is 23.7. The van der Waals surface area contributed by atoms with Crippen molar-refractivity contribution in [1.82, 2.24) is 9.97 Å². The first-order valence-electron chi connectivity index (χ1n) is 11.3. The monoisotopic (exact) mass is 479 g/mol. The average molecular weight is 480 g/mol. The lowest BCUT2D eigenvalue weighted by Gasteiger charge is -2.30. The van der Waals surface area contributed by atoms with Crippen LogP contribution in [-0.2, 0) is 0 Å². The summed E-state index contributed by atoms with van der Waals surface area (Å²) in [6.45, 7) is 0. The normalized spacial score (nSPS) is 12.8. The van der Waals surface area contributed by atoms with Crippen molar-refractivity contribution in [2.75, 3.05) is 11.9 Å². The van der Waals surface area contributed by atoms with E-state index in [0.29, 0.717) is 0 Å². The molecule has 3 heterocycles. The van der Waals surface area contributed by atoms with Gasteiger partial charge in [-0.25, -0.2) is 8.78 Å². The minimum atomic E-state index is -0.238. The van der Waals surface area contributed by atoms with Crippen LogP contribution in [-0.4, -0.2) is 17.0 Å². The summed E-state index contributed by atoms with van der Waals surface area (Å²) in [5.41, 5.74) is 8.14. The Bertz CT molecular complexity index is 1650. The Balaban J connectivity index is 1.27. The number of hydrogen-bond donors (Lipinski definition) is 2. The SMILES string of the molecule is CN1c2ccc(-c3cc4cc(F)ccc4[nH]3)cc2Sc2cc(-c3cc4cc(F)ccc4[nH]3)ccc21. The number of halogens is 2. The lowest BCUT2D eigenvalue weighted by molar-refractivity contribution is 0.629. The van der Waals surface area contributed by atoms with E-state index in [-0.39, 0.29) is 11.6 Å². The third-order valence-electron chi connectivity index (χ3n) is 6.65. The first kappa shape index (κ1) is 20.4. The molecule has 0 saturated heterocycles. The Morgan fingerprint density at radius 1 is 0.600 bits per heavy atom. The third kappa shape index (κ3) is 3.33. The van der Waals surface area contributed by atoms with E-state index in [4.69, 9.17) is 0 Å². The third-order valence-corrected chi connectivity index (χ3v) is 7.74. The zero-order valence-electron chi connectivity index (χ0n) is 18.7. The van der Waals surface area contributed by atoms with Crippen molar-refractivity contribution in [3.63, 3.8) is 0 Å². The van der Waals surface area contributed by atoms with Crippen molar-refractivity contribution in [3.8, 4) is 22.5 Å². The van der Waals surface area contributed by atoms with Gasteiger partial charge in [0.05, 0.1) is 11.4 Å². The Morgan fingerprint density at radius 3 is 1.57 bits per heavy atom. The molecule has 0 radical (unpaired) electrons. The molecule has 0 fully saturated rings. The molecule has 6 aromatic rings. The van der Waals surface area contributed by atoms with Crippen LogP contribution < -0.4 is 4.90 Å². The lowest BCUT2D eigenvalue weighted by Crippen LogP contribution is -2.14. The van der Waals surface area contributed by atoms with E-state index in [1.165, 1.54) is 12.1 Å². The maximum Gasteiger partial charge on any atom is 0.123 e. The predicted octanol–water partition coefficient (Wildman–Crippen LogP) is 8.49. The van der Waals surface area contributed by atoms with Gasteiger partial charge in [-0.2, -0.15) is 0 Å². The summed E-state index contributed by atoms with van der Waals surface area (Å²) in [4.78, 5) is 11.3. The molecule has 0 aliphatic carbocycles. The summed E-state index contributed by atoms with van der Waals surface area (Å²) in [6.07, 6.45) is 0. The van der Waals surface area contributed by atoms with E-state index in [1.807, 2.05) is 12.1 Å². The second-order valence-electron chi connectivity index (χ2n) is 8.86. The van der Waals surface area contributed by atoms with Gasteiger partial charge in [-0.05, 0) is 83.9 Å². The molecule has 4 aromatic carbocycles. The molecular formula is C29H19F2N3S. The van der Waals surface area contributed by atoms with Crippen molar-refractivity contribution in [3.05, 3.63) is 96.6 Å². The van der Waals surface area contributed by atoms with E-state index in [2.05, 4.69) is 58.3 Å². The molecule has 2 aromatic heterocycles. The topological polar surface area (TPSA) is 34.8 Å². The molecule has 0 saturated carbocycles. The number of benzene rings is 4. The first-order valence-corrected chi connectivity index (χ1v) is 12.1. The van der Waals surface area contributed by atoms with Gasteiger partial charge in [0, 0.05) is 50.0 Å². The van der Waals surface area contributed by atoms with Gasteiger partial charge in [-0.1, -0.05) is 23.9 Å². The van der Waals surface area contributed by atoms with Crippen LogP contribution in [0.1, 0.15) is 0 Å². The average Bonchev–Trinajstić information content (AvgIpc) is 3.47. The van der Waals surface area contributed by atoms with E-state index in [9.17, 15) is 8.78 Å². The fraction of sp³-hybridized carbons (Fsp3) is 0.0345. The van der Waals surface area contributed by atoms with Gasteiger partial charge in [-0.15, -0.1) is 0 Å². The molecule has 0 atom stereocenters. The van der Waals surface area contributed by atoms with Crippen LogP contribution in [0.5, 0.6) is 0 Å². The lowest BCUT2D eigenvalue weighted by atomic mass is 10.1. The molecule has 0 unspecified atom stereocenters. The van der Waals surface area contributed by atoms with Gasteiger partial charge < -0.3 is 14.9 Å². The number of aromatic nitrogens is 2. The second-order valence-corrected chi connectivity index (χ2v) is 9.94. The van der Waals surface area contributed by atoms with Crippen LogP contribution in [0, 0.1) is 11.6 Å². The molecular weight excluding hydrogens is 460 g/mol. The largest absolute Gasteiger partial charge is 0.355 e. The van der Waals surface area contributed by atoms with Gasteiger partial charge in [0.15, 0.2) is 0 Å². The van der Waals surface area contributed by atoms with E-state index in [1.54, 1.807) is 36.0 Å². The number of nitrogens with zero attached hydrogens (tertiary/aromatic N) is 1. The molecule has 7 rings (SSSR count). The molecule has 3 nitrogen and oxygen atoms in total. The highest BCUT2D eigenvalue weighted by Gasteiger charge is 2.22. The Kier molecular flexibility index (Phi) is 4.35. The summed E-state index contributed by atoms with van der Waals surface area (Å²) in [5.74, 6) is -0.476. The summed E-state index contributed by atoms with van der Waals surface area (Å²) in [7, 11) is 2.08. The molecule has 6 heteroatoms. The molecule has 170 valence electrons. The van der Waals surface area contributed by atoms with Gasteiger partial charge in [0.2, 0.25) is 0 Å². The van der Waals surface area contributed by atoms with Crippen LogP contribution in [0.3, 0.4) is 0 Å². The highest BCUT2D eigenvalue weighted by Crippen LogP contribution is 2.49. The zero-order valence-corrected chi connectivity index (χ0v) is 19.5. The minimum Gasteiger partial charge on any atom is -0.355 e. The smallest absolute Gasteiger partial charge is 0.123 e. The quantitative estimate of drug-likeness (QED) is 0.261. The molecule has 35 heavy (non-hydrogen) atoms. The van der Waals surface area contributed by atoms with Gasteiger partial charge in [0.1, 0.15) is 11.6 Å². The van der Waals surface area contributed by atoms with Crippen molar-refractivity contribution in [2.24, 2.45) is 0 Å². The number of anilines is 2. The number of nitrogens with one attached hydrogen (secondary N) is 2. The van der Waals surface area contributed by atoms with Crippen molar-refractivity contribution in [2.45, 2.75) is 9.79 Å². The minimum absolute atomic E-state index is 0.238. The van der Waals surface area contributed by atoms with Gasteiger partial charge in [0.25, 0.3) is 0 Å². The van der Waals surface area contributed by atoms with E-state index in [0.717, 1.165) is 65.5 Å². The second kappa shape index (κ2) is 7.48. The fourth-order valence-electron chi connectivity index (χ4n) is 4.85. The molecule has 0 bridgehead atoms. The van der Waals surface area contributed by atoms with Crippen molar-refractivity contribution >= 4 is 44.9 Å². The standard InChI is InChI=1S/C29H19F2N3S/c1-34-26-8-2-16(24-12-18-10-20(30)4-6-22(18)32-24)14-28(26)35-29-15-17(3-9-27(29)34)25-13-19-11-21(31)5-7-23(19)33-25/h2-15,32-33H,1H3. The maximum absolute atomic E-state index is 13.6. The van der Waals surface area contributed by atoms with Crippen LogP contribution in [0.25, 0.3) is 44.3 Å². The molecule has 0 spiro atoms. The van der Waals surface area contributed by atoms with Crippen LogP contribution >= 0.6 is 11.8 Å². The predicted molar refractivity (Wildman–Crippen MR) is 140 cm³/mol. The maximum atomic E-state index is 13.6. The molecule has 2 N–H and O–H groups in total. The fourth-order valence-corrected chi connectivity index (χ4v) is 6.08. The number of H-pyrrole nitrogens is 2. The van der Waals surface area contributed by atoms with Crippen molar-refractivity contribution in [1.29, 1.82) is 0 Å². The van der Waals surface area contributed by atoms with E-state index >= 15 is 0 Å². The summed E-state index contributed by atoms with van der Waals surface area (Å²) < 4.78 is 27.3.